The zero-order chi connectivity index (χ0) is 21.3. The van der Waals surface area contributed by atoms with E-state index in [0.29, 0.717) is 37.0 Å². The standard InChI is InChI=1S/C25H33NO4/c1-2-3-4-18-5-9-20(10-6-18)24(27)30-23-15-11-21(12-16-23)25(28)29-22-13-7-19(17-26)8-14-22/h7-8,13-14,18,20-21,23H,2-6,9-12,15-16H2,1H3. The number of rotatable bonds is 7. The Morgan fingerprint density at radius 3 is 2.13 bits per heavy atom. The fraction of sp³-hybridized carbons (Fsp3) is 0.640. The molecule has 0 spiro atoms. The molecule has 2 aliphatic carbocycles. The summed E-state index contributed by atoms with van der Waals surface area (Å²) in [6.45, 7) is 2.23. The molecule has 3 rings (SSSR count). The molecule has 0 heterocycles. The van der Waals surface area contributed by atoms with Gasteiger partial charge in [0.15, 0.2) is 0 Å². The van der Waals surface area contributed by atoms with E-state index in [-0.39, 0.29) is 29.9 Å². The summed E-state index contributed by atoms with van der Waals surface area (Å²) in [6.07, 6.45) is 10.7. The molecule has 2 aliphatic rings. The zero-order valence-electron chi connectivity index (χ0n) is 18.0. The van der Waals surface area contributed by atoms with Crippen LogP contribution in [0.4, 0.5) is 0 Å². The van der Waals surface area contributed by atoms with Crippen LogP contribution in [0.2, 0.25) is 0 Å². The van der Waals surface area contributed by atoms with E-state index in [0.717, 1.165) is 31.6 Å². The Hall–Kier alpha value is -2.35. The highest BCUT2D eigenvalue weighted by molar-refractivity contribution is 5.75. The summed E-state index contributed by atoms with van der Waals surface area (Å²) in [7, 11) is 0. The van der Waals surface area contributed by atoms with Crippen molar-refractivity contribution in [1.82, 2.24) is 0 Å². The number of carbonyl (C=O) groups excluding carboxylic acids is 2. The van der Waals surface area contributed by atoms with Gasteiger partial charge in [-0.3, -0.25) is 9.59 Å². The summed E-state index contributed by atoms with van der Waals surface area (Å²) in [5.74, 6) is 0.864. The van der Waals surface area contributed by atoms with Crippen LogP contribution in [0.25, 0.3) is 0 Å². The lowest BCUT2D eigenvalue weighted by Crippen LogP contribution is -2.32. The van der Waals surface area contributed by atoms with E-state index in [1.54, 1.807) is 24.3 Å². The van der Waals surface area contributed by atoms with Gasteiger partial charge in [-0.05, 0) is 81.5 Å². The lowest BCUT2D eigenvalue weighted by Gasteiger charge is -2.31. The molecule has 0 amide bonds. The molecule has 0 aliphatic heterocycles. The lowest BCUT2D eigenvalue weighted by molar-refractivity contribution is -0.158. The molecule has 0 N–H and O–H groups in total. The van der Waals surface area contributed by atoms with Crippen molar-refractivity contribution in [3.05, 3.63) is 29.8 Å². The van der Waals surface area contributed by atoms with Gasteiger partial charge >= 0.3 is 11.9 Å². The molecule has 162 valence electrons. The van der Waals surface area contributed by atoms with Crippen molar-refractivity contribution < 1.29 is 19.1 Å². The maximum atomic E-state index is 12.6. The Balaban J connectivity index is 1.37. The normalized spacial score (nSPS) is 26.4. The second kappa shape index (κ2) is 11.2. The van der Waals surface area contributed by atoms with E-state index in [1.165, 1.54) is 19.3 Å². The molecule has 0 radical (unpaired) electrons. The van der Waals surface area contributed by atoms with Gasteiger partial charge in [-0.1, -0.05) is 26.2 Å². The van der Waals surface area contributed by atoms with Crippen molar-refractivity contribution in [3.8, 4) is 11.8 Å². The van der Waals surface area contributed by atoms with Crippen LogP contribution >= 0.6 is 0 Å². The van der Waals surface area contributed by atoms with Crippen LogP contribution in [0, 0.1) is 29.1 Å². The third-order valence-corrected chi connectivity index (χ3v) is 6.64. The minimum atomic E-state index is -0.241. The van der Waals surface area contributed by atoms with Crippen molar-refractivity contribution in [2.75, 3.05) is 0 Å². The molecular formula is C25H33NO4. The Kier molecular flexibility index (Phi) is 8.30. The van der Waals surface area contributed by atoms with E-state index < -0.39 is 0 Å². The fourth-order valence-electron chi connectivity index (χ4n) is 4.65. The van der Waals surface area contributed by atoms with Crippen LogP contribution in [-0.4, -0.2) is 18.0 Å². The number of hydrogen-bond donors (Lipinski definition) is 0. The van der Waals surface area contributed by atoms with Crippen LogP contribution in [0.5, 0.6) is 5.75 Å². The second-order valence-corrected chi connectivity index (χ2v) is 8.83. The van der Waals surface area contributed by atoms with E-state index in [1.807, 2.05) is 6.07 Å². The van der Waals surface area contributed by atoms with Gasteiger partial charge in [0.25, 0.3) is 0 Å². The summed E-state index contributed by atoms with van der Waals surface area (Å²) in [4.78, 5) is 25.0. The molecule has 0 unspecified atom stereocenters. The fourth-order valence-corrected chi connectivity index (χ4v) is 4.65. The first-order valence-electron chi connectivity index (χ1n) is 11.5. The second-order valence-electron chi connectivity index (χ2n) is 8.83. The average molecular weight is 412 g/mol. The summed E-state index contributed by atoms with van der Waals surface area (Å²) in [5, 5.41) is 8.83. The first-order valence-corrected chi connectivity index (χ1v) is 11.5. The third kappa shape index (κ3) is 6.32. The summed E-state index contributed by atoms with van der Waals surface area (Å²) < 4.78 is 11.2. The number of nitriles is 1. The van der Waals surface area contributed by atoms with Crippen molar-refractivity contribution in [3.63, 3.8) is 0 Å². The van der Waals surface area contributed by atoms with Crippen LogP contribution in [0.1, 0.15) is 83.1 Å². The largest absolute Gasteiger partial charge is 0.462 e. The van der Waals surface area contributed by atoms with Crippen LogP contribution in [0.15, 0.2) is 24.3 Å². The molecule has 30 heavy (non-hydrogen) atoms. The predicted octanol–water partition coefficient (Wildman–Crippen LogP) is 5.56. The Morgan fingerprint density at radius 2 is 1.53 bits per heavy atom. The number of ether oxygens (including phenoxy) is 2. The van der Waals surface area contributed by atoms with E-state index in [2.05, 4.69) is 6.92 Å². The molecule has 0 saturated heterocycles. The average Bonchev–Trinajstić information content (AvgIpc) is 2.79. The smallest absolute Gasteiger partial charge is 0.314 e. The van der Waals surface area contributed by atoms with Gasteiger partial charge in [0, 0.05) is 0 Å². The number of nitrogens with zero attached hydrogens (tertiary/aromatic N) is 1. The molecule has 1 aromatic carbocycles. The van der Waals surface area contributed by atoms with Crippen molar-refractivity contribution >= 4 is 11.9 Å². The zero-order valence-corrected chi connectivity index (χ0v) is 18.0. The minimum absolute atomic E-state index is 0.0347. The van der Waals surface area contributed by atoms with Gasteiger partial charge in [0.05, 0.1) is 23.5 Å². The monoisotopic (exact) mass is 411 g/mol. The van der Waals surface area contributed by atoms with E-state index in [9.17, 15) is 9.59 Å². The quantitative estimate of drug-likeness (QED) is 0.433. The molecule has 2 saturated carbocycles. The molecular weight excluding hydrogens is 378 g/mol. The topological polar surface area (TPSA) is 76.4 Å². The molecule has 1 aromatic rings. The molecule has 5 nitrogen and oxygen atoms in total. The van der Waals surface area contributed by atoms with Crippen LogP contribution in [0.3, 0.4) is 0 Å². The molecule has 0 aromatic heterocycles. The molecule has 5 heteroatoms. The first-order chi connectivity index (χ1) is 14.6. The maximum absolute atomic E-state index is 12.6. The van der Waals surface area contributed by atoms with Crippen molar-refractivity contribution in [2.24, 2.45) is 17.8 Å². The Labute approximate surface area is 179 Å². The van der Waals surface area contributed by atoms with Gasteiger partial charge in [-0.15, -0.1) is 0 Å². The first kappa shape index (κ1) is 22.3. The van der Waals surface area contributed by atoms with Crippen molar-refractivity contribution in [2.45, 2.75) is 83.7 Å². The lowest BCUT2D eigenvalue weighted by atomic mass is 9.80. The SMILES string of the molecule is CCCCC1CCC(C(=O)OC2CCC(C(=O)Oc3ccc(C#N)cc3)CC2)CC1. The van der Waals surface area contributed by atoms with Crippen molar-refractivity contribution in [1.29, 1.82) is 5.26 Å². The Bertz CT molecular complexity index is 735. The highest BCUT2D eigenvalue weighted by atomic mass is 16.5. The Morgan fingerprint density at radius 1 is 0.933 bits per heavy atom. The molecule has 0 atom stereocenters. The minimum Gasteiger partial charge on any atom is -0.462 e. The number of unbranched alkanes of at least 4 members (excludes halogenated alkanes) is 1. The summed E-state index contributed by atoms with van der Waals surface area (Å²) in [5.41, 5.74) is 0.534. The molecule has 2 fully saturated rings. The highest BCUT2D eigenvalue weighted by Gasteiger charge is 2.32. The van der Waals surface area contributed by atoms with Gasteiger partial charge < -0.3 is 9.47 Å². The number of carbonyl (C=O) groups is 2. The van der Waals surface area contributed by atoms with Crippen LogP contribution in [-0.2, 0) is 14.3 Å². The summed E-state index contributed by atoms with van der Waals surface area (Å²) >= 11 is 0. The number of esters is 2. The third-order valence-electron chi connectivity index (χ3n) is 6.64. The number of hydrogen-bond acceptors (Lipinski definition) is 5. The van der Waals surface area contributed by atoms with Gasteiger partial charge in [-0.25, -0.2) is 0 Å². The van der Waals surface area contributed by atoms with E-state index >= 15 is 0 Å². The maximum Gasteiger partial charge on any atom is 0.314 e. The van der Waals surface area contributed by atoms with Gasteiger partial charge in [0.1, 0.15) is 11.9 Å². The highest BCUT2D eigenvalue weighted by Crippen LogP contribution is 2.34. The van der Waals surface area contributed by atoms with E-state index in [4.69, 9.17) is 14.7 Å². The predicted molar refractivity (Wildman–Crippen MR) is 114 cm³/mol. The summed E-state index contributed by atoms with van der Waals surface area (Å²) in [6, 6.07) is 8.59. The van der Waals surface area contributed by atoms with Gasteiger partial charge in [-0.2, -0.15) is 5.26 Å². The number of benzene rings is 1. The van der Waals surface area contributed by atoms with Crippen LogP contribution < -0.4 is 4.74 Å². The molecule has 0 bridgehead atoms. The van der Waals surface area contributed by atoms with Gasteiger partial charge in [0.2, 0.25) is 0 Å².